The zero-order chi connectivity index (χ0) is 14.0. The van der Waals surface area contributed by atoms with Crippen LogP contribution < -0.4 is 0 Å². The summed E-state index contributed by atoms with van der Waals surface area (Å²) in [6, 6.07) is 9.71. The summed E-state index contributed by atoms with van der Waals surface area (Å²) in [4.78, 5) is 0. The Balaban J connectivity index is 2.46. The molecule has 1 aromatic heterocycles. The Bertz CT molecular complexity index is 554. The summed E-state index contributed by atoms with van der Waals surface area (Å²) in [6.07, 6.45) is -1.86. The number of aromatic nitrogens is 2. The van der Waals surface area contributed by atoms with Crippen LogP contribution in [0.3, 0.4) is 0 Å². The van der Waals surface area contributed by atoms with Gasteiger partial charge in [-0.05, 0) is 26.0 Å². The van der Waals surface area contributed by atoms with Gasteiger partial charge in [-0.2, -0.15) is 17.7 Å². The van der Waals surface area contributed by atoms with Crippen molar-refractivity contribution in [2.75, 3.05) is 5.75 Å². The van der Waals surface area contributed by atoms with E-state index in [0.29, 0.717) is 5.56 Å². The standard InChI is InChI=1S/C14H18N2O2S/c1-9-13(14(18)12(17)8-19)10(2)16(15-9)11-6-4-3-5-7-11/h3-7,12,14,17-19H,8H2,1-2H3. The maximum atomic E-state index is 10.2. The van der Waals surface area contributed by atoms with Gasteiger partial charge in [-0.15, -0.1) is 0 Å². The van der Waals surface area contributed by atoms with Gasteiger partial charge in [0.1, 0.15) is 6.10 Å². The first kappa shape index (κ1) is 14.1. The van der Waals surface area contributed by atoms with Gasteiger partial charge in [0.05, 0.1) is 17.5 Å². The molecule has 5 heteroatoms. The van der Waals surface area contributed by atoms with Crippen LogP contribution in [0, 0.1) is 13.8 Å². The Labute approximate surface area is 118 Å². The van der Waals surface area contributed by atoms with Crippen molar-refractivity contribution in [1.29, 1.82) is 0 Å². The number of hydrogen-bond acceptors (Lipinski definition) is 4. The van der Waals surface area contributed by atoms with E-state index in [-0.39, 0.29) is 5.75 Å². The number of thiol groups is 1. The van der Waals surface area contributed by atoms with Gasteiger partial charge in [0.25, 0.3) is 0 Å². The quantitative estimate of drug-likeness (QED) is 0.748. The van der Waals surface area contributed by atoms with Crippen LogP contribution in [0.2, 0.25) is 0 Å². The van der Waals surface area contributed by atoms with Gasteiger partial charge in [-0.25, -0.2) is 4.68 Å². The topological polar surface area (TPSA) is 58.3 Å². The molecule has 2 aromatic rings. The lowest BCUT2D eigenvalue weighted by Crippen LogP contribution is -2.21. The number of para-hydroxylation sites is 1. The Hall–Kier alpha value is -1.30. The number of nitrogens with zero attached hydrogens (tertiary/aromatic N) is 2. The summed E-state index contributed by atoms with van der Waals surface area (Å²) in [6.45, 7) is 3.72. The van der Waals surface area contributed by atoms with E-state index >= 15 is 0 Å². The summed E-state index contributed by atoms with van der Waals surface area (Å²) in [5.74, 6) is 0.205. The summed E-state index contributed by atoms with van der Waals surface area (Å²) >= 11 is 4.01. The number of hydrogen-bond donors (Lipinski definition) is 3. The zero-order valence-electron chi connectivity index (χ0n) is 11.0. The Kier molecular flexibility index (Phi) is 4.29. The number of aryl methyl sites for hydroxylation is 1. The largest absolute Gasteiger partial charge is 0.389 e. The highest BCUT2D eigenvalue weighted by atomic mass is 32.1. The minimum absolute atomic E-state index is 0.205. The smallest absolute Gasteiger partial charge is 0.109 e. The predicted molar refractivity (Wildman–Crippen MR) is 77.9 cm³/mol. The van der Waals surface area contributed by atoms with Crippen LogP contribution in [0.5, 0.6) is 0 Å². The predicted octanol–water partition coefficient (Wildman–Crippen LogP) is 1.81. The normalized spacial score (nSPS) is 14.4. The third-order valence-electron chi connectivity index (χ3n) is 3.20. The highest BCUT2D eigenvalue weighted by Gasteiger charge is 2.24. The van der Waals surface area contributed by atoms with Crippen LogP contribution in [0.25, 0.3) is 5.69 Å². The van der Waals surface area contributed by atoms with E-state index in [1.54, 1.807) is 4.68 Å². The van der Waals surface area contributed by atoms with E-state index < -0.39 is 12.2 Å². The monoisotopic (exact) mass is 278 g/mol. The van der Waals surface area contributed by atoms with Gasteiger partial charge >= 0.3 is 0 Å². The lowest BCUT2D eigenvalue weighted by Gasteiger charge is -2.16. The number of rotatable bonds is 4. The molecule has 0 aliphatic heterocycles. The van der Waals surface area contributed by atoms with E-state index in [9.17, 15) is 10.2 Å². The fourth-order valence-corrected chi connectivity index (χ4v) is 2.40. The van der Waals surface area contributed by atoms with Crippen molar-refractivity contribution in [3.63, 3.8) is 0 Å². The molecule has 2 atom stereocenters. The van der Waals surface area contributed by atoms with Crippen LogP contribution in [0.1, 0.15) is 23.1 Å². The number of aliphatic hydroxyl groups excluding tert-OH is 2. The number of aliphatic hydroxyl groups is 2. The second kappa shape index (κ2) is 5.77. The van der Waals surface area contributed by atoms with Crippen LogP contribution >= 0.6 is 12.6 Å². The van der Waals surface area contributed by atoms with Gasteiger partial charge in [-0.1, -0.05) is 18.2 Å². The molecular weight excluding hydrogens is 260 g/mol. The molecule has 0 bridgehead atoms. The van der Waals surface area contributed by atoms with E-state index in [2.05, 4.69) is 17.7 Å². The molecule has 0 saturated carbocycles. The van der Waals surface area contributed by atoms with E-state index in [4.69, 9.17) is 0 Å². The summed E-state index contributed by atoms with van der Waals surface area (Å²) in [5.41, 5.74) is 3.15. The fourth-order valence-electron chi connectivity index (χ4n) is 2.20. The molecule has 19 heavy (non-hydrogen) atoms. The second-order valence-corrected chi connectivity index (χ2v) is 4.89. The van der Waals surface area contributed by atoms with Gasteiger partial charge < -0.3 is 10.2 Å². The molecule has 2 rings (SSSR count). The Morgan fingerprint density at radius 1 is 1.21 bits per heavy atom. The SMILES string of the molecule is Cc1nn(-c2ccccc2)c(C)c1C(O)C(O)CS. The molecule has 102 valence electrons. The average molecular weight is 278 g/mol. The third kappa shape index (κ3) is 2.68. The van der Waals surface area contributed by atoms with Gasteiger partial charge in [0.15, 0.2) is 0 Å². The minimum atomic E-state index is -0.963. The van der Waals surface area contributed by atoms with Crippen LogP contribution in [-0.2, 0) is 0 Å². The molecule has 0 amide bonds. The molecule has 0 aliphatic carbocycles. The zero-order valence-corrected chi connectivity index (χ0v) is 11.9. The lowest BCUT2D eigenvalue weighted by atomic mass is 10.0. The molecule has 0 saturated heterocycles. The second-order valence-electron chi connectivity index (χ2n) is 4.53. The highest BCUT2D eigenvalue weighted by Crippen LogP contribution is 2.26. The molecule has 2 unspecified atom stereocenters. The first-order valence-corrected chi connectivity index (χ1v) is 6.78. The van der Waals surface area contributed by atoms with Crippen molar-refractivity contribution in [3.05, 3.63) is 47.3 Å². The minimum Gasteiger partial charge on any atom is -0.389 e. The van der Waals surface area contributed by atoms with Gasteiger partial charge in [0.2, 0.25) is 0 Å². The third-order valence-corrected chi connectivity index (χ3v) is 3.57. The average Bonchev–Trinajstić information content (AvgIpc) is 2.73. The molecule has 1 aromatic carbocycles. The molecule has 4 nitrogen and oxygen atoms in total. The Morgan fingerprint density at radius 3 is 2.42 bits per heavy atom. The molecular formula is C14H18N2O2S. The van der Waals surface area contributed by atoms with Crippen LogP contribution in [0.15, 0.2) is 30.3 Å². The molecule has 1 heterocycles. The van der Waals surface area contributed by atoms with Crippen LogP contribution in [-0.4, -0.2) is 31.9 Å². The summed E-state index contributed by atoms with van der Waals surface area (Å²) < 4.78 is 1.78. The van der Waals surface area contributed by atoms with Crippen molar-refractivity contribution in [2.24, 2.45) is 0 Å². The Morgan fingerprint density at radius 2 is 1.84 bits per heavy atom. The van der Waals surface area contributed by atoms with Crippen molar-refractivity contribution in [2.45, 2.75) is 26.1 Å². The lowest BCUT2D eigenvalue weighted by molar-refractivity contribution is 0.0329. The summed E-state index contributed by atoms with van der Waals surface area (Å²) in [7, 11) is 0. The molecule has 0 spiro atoms. The molecule has 0 fully saturated rings. The van der Waals surface area contributed by atoms with Crippen LogP contribution in [0.4, 0.5) is 0 Å². The first-order chi connectivity index (χ1) is 9.06. The first-order valence-electron chi connectivity index (χ1n) is 6.14. The van der Waals surface area contributed by atoms with E-state index in [1.807, 2.05) is 44.2 Å². The maximum Gasteiger partial charge on any atom is 0.109 e. The highest BCUT2D eigenvalue weighted by molar-refractivity contribution is 7.80. The van der Waals surface area contributed by atoms with Crippen molar-refractivity contribution in [3.8, 4) is 5.69 Å². The molecule has 0 radical (unpaired) electrons. The van der Waals surface area contributed by atoms with E-state index in [0.717, 1.165) is 17.1 Å². The van der Waals surface area contributed by atoms with E-state index in [1.165, 1.54) is 0 Å². The summed E-state index contributed by atoms with van der Waals surface area (Å²) in [5, 5.41) is 24.3. The van der Waals surface area contributed by atoms with Gasteiger partial charge in [-0.3, -0.25) is 0 Å². The van der Waals surface area contributed by atoms with Gasteiger partial charge in [0, 0.05) is 17.0 Å². The van der Waals surface area contributed by atoms with Crippen molar-refractivity contribution in [1.82, 2.24) is 9.78 Å². The molecule has 2 N–H and O–H groups in total. The fraction of sp³-hybridized carbons (Fsp3) is 0.357. The molecule has 0 aliphatic rings. The van der Waals surface area contributed by atoms with Crippen molar-refractivity contribution >= 4 is 12.6 Å². The maximum absolute atomic E-state index is 10.2. The van der Waals surface area contributed by atoms with Crippen molar-refractivity contribution < 1.29 is 10.2 Å². The number of benzene rings is 1.